The Bertz CT molecular complexity index is 928. The molecule has 132 valence electrons. The Morgan fingerprint density at radius 1 is 1.15 bits per heavy atom. The van der Waals surface area contributed by atoms with Gasteiger partial charge in [-0.3, -0.25) is 19.9 Å². The second-order valence-electron chi connectivity index (χ2n) is 5.66. The molecule has 8 heteroatoms. The van der Waals surface area contributed by atoms with E-state index in [-0.39, 0.29) is 0 Å². The molecular formula is C18H13BrClN3O3. The lowest BCUT2D eigenvalue weighted by molar-refractivity contribution is -0.131. The van der Waals surface area contributed by atoms with Crippen molar-refractivity contribution < 1.29 is 14.4 Å². The summed E-state index contributed by atoms with van der Waals surface area (Å²) >= 11 is 9.28. The minimum absolute atomic E-state index is 0.385. The van der Waals surface area contributed by atoms with Crippen molar-refractivity contribution in [3.63, 3.8) is 0 Å². The fourth-order valence-electron chi connectivity index (χ4n) is 2.39. The number of benzene rings is 2. The van der Waals surface area contributed by atoms with Gasteiger partial charge in [-0.05, 0) is 53.2 Å². The second kappa shape index (κ2) is 7.39. The molecule has 26 heavy (non-hydrogen) atoms. The first-order valence-electron chi connectivity index (χ1n) is 7.61. The number of anilines is 1. The number of hydrogen-bond donors (Lipinski definition) is 1. The van der Waals surface area contributed by atoms with E-state index in [2.05, 4.69) is 26.2 Å². The molecule has 1 saturated heterocycles. The van der Waals surface area contributed by atoms with Crippen molar-refractivity contribution in [1.82, 2.24) is 5.32 Å². The Morgan fingerprint density at radius 3 is 2.50 bits per heavy atom. The number of aliphatic imine (C=N–C) groups is 1. The zero-order valence-electron chi connectivity index (χ0n) is 13.6. The van der Waals surface area contributed by atoms with Gasteiger partial charge in [-0.15, -0.1) is 0 Å². The van der Waals surface area contributed by atoms with Crippen LogP contribution in [-0.4, -0.2) is 24.1 Å². The van der Waals surface area contributed by atoms with Gasteiger partial charge in [0.2, 0.25) is 5.91 Å². The first kappa shape index (κ1) is 18.3. The molecule has 3 rings (SSSR count). The van der Waals surface area contributed by atoms with E-state index < -0.39 is 23.8 Å². The molecule has 1 aliphatic heterocycles. The summed E-state index contributed by atoms with van der Waals surface area (Å²) in [6, 6.07) is 11.0. The molecule has 1 N–H and O–H groups in total. The van der Waals surface area contributed by atoms with Gasteiger partial charge in [-0.1, -0.05) is 29.3 Å². The number of amides is 4. The highest BCUT2D eigenvalue weighted by Gasteiger charge is 2.40. The van der Waals surface area contributed by atoms with Crippen molar-refractivity contribution in [2.75, 3.05) is 4.90 Å². The van der Waals surface area contributed by atoms with E-state index in [1.807, 2.05) is 6.92 Å². The largest absolute Gasteiger partial charge is 0.335 e. The lowest BCUT2D eigenvalue weighted by atomic mass is 10.1. The van der Waals surface area contributed by atoms with E-state index in [4.69, 9.17) is 11.6 Å². The van der Waals surface area contributed by atoms with Crippen molar-refractivity contribution in [1.29, 1.82) is 0 Å². The molecule has 0 aromatic heterocycles. The van der Waals surface area contributed by atoms with Crippen LogP contribution in [0.2, 0.25) is 5.02 Å². The maximum Gasteiger partial charge on any atom is 0.335 e. The van der Waals surface area contributed by atoms with E-state index >= 15 is 0 Å². The normalized spacial score (nSPS) is 17.7. The van der Waals surface area contributed by atoms with Crippen LogP contribution >= 0.6 is 27.5 Å². The maximum atomic E-state index is 12.7. The van der Waals surface area contributed by atoms with Crippen LogP contribution in [-0.2, 0) is 9.59 Å². The number of halogens is 2. The minimum Gasteiger partial charge on any atom is -0.276 e. The number of aryl methyl sites for hydroxylation is 1. The molecule has 0 bridgehead atoms. The molecule has 2 aromatic carbocycles. The average molecular weight is 435 g/mol. The minimum atomic E-state index is -1.21. The third-order valence-electron chi connectivity index (χ3n) is 3.77. The number of carbonyl (C=O) groups is 3. The third kappa shape index (κ3) is 3.68. The van der Waals surface area contributed by atoms with Gasteiger partial charge in [0.15, 0.2) is 5.92 Å². The van der Waals surface area contributed by atoms with Crippen molar-refractivity contribution >= 4 is 63.0 Å². The zero-order chi connectivity index (χ0) is 18.8. The zero-order valence-corrected chi connectivity index (χ0v) is 15.9. The third-order valence-corrected chi connectivity index (χ3v) is 5.00. The summed E-state index contributed by atoms with van der Waals surface area (Å²) in [6.45, 7) is 1.89. The Morgan fingerprint density at radius 2 is 1.85 bits per heavy atom. The van der Waals surface area contributed by atoms with Crippen molar-refractivity contribution in [2.24, 2.45) is 10.9 Å². The lowest BCUT2D eigenvalue weighted by Crippen LogP contribution is -2.58. The second-order valence-corrected chi connectivity index (χ2v) is 6.92. The molecule has 6 nitrogen and oxygen atoms in total. The van der Waals surface area contributed by atoms with E-state index in [0.717, 1.165) is 10.5 Å². The molecule has 0 aliphatic carbocycles. The fourth-order valence-corrected chi connectivity index (χ4v) is 2.81. The van der Waals surface area contributed by atoms with Crippen molar-refractivity contribution in [2.45, 2.75) is 6.92 Å². The van der Waals surface area contributed by atoms with Crippen LogP contribution in [0.25, 0.3) is 0 Å². The predicted octanol–water partition coefficient (Wildman–Crippen LogP) is 4.01. The first-order valence-corrected chi connectivity index (χ1v) is 8.78. The Labute approximate surface area is 163 Å². The van der Waals surface area contributed by atoms with Gasteiger partial charge in [0.1, 0.15) is 0 Å². The number of hydrogen-bond acceptors (Lipinski definition) is 4. The molecular weight excluding hydrogens is 422 g/mol. The van der Waals surface area contributed by atoms with Crippen molar-refractivity contribution in [3.05, 3.63) is 57.5 Å². The lowest BCUT2D eigenvalue weighted by Gasteiger charge is -2.28. The van der Waals surface area contributed by atoms with E-state index in [9.17, 15) is 14.4 Å². The highest BCUT2D eigenvalue weighted by Crippen LogP contribution is 2.27. The molecule has 0 radical (unpaired) electrons. The average Bonchev–Trinajstić information content (AvgIpc) is 2.59. The molecule has 1 atom stereocenters. The molecule has 0 saturated carbocycles. The number of nitrogens with zero attached hydrogens (tertiary/aromatic N) is 2. The van der Waals surface area contributed by atoms with Crippen LogP contribution < -0.4 is 10.2 Å². The summed E-state index contributed by atoms with van der Waals surface area (Å²) in [4.78, 5) is 42.0. The summed E-state index contributed by atoms with van der Waals surface area (Å²) in [7, 11) is 0. The van der Waals surface area contributed by atoms with Gasteiger partial charge in [-0.2, -0.15) is 0 Å². The van der Waals surface area contributed by atoms with E-state index in [1.54, 1.807) is 42.5 Å². The van der Waals surface area contributed by atoms with Gasteiger partial charge >= 0.3 is 6.03 Å². The summed E-state index contributed by atoms with van der Waals surface area (Å²) in [5, 5.41) is 2.64. The maximum absolute atomic E-state index is 12.7. The van der Waals surface area contributed by atoms with Crippen LogP contribution in [0, 0.1) is 12.8 Å². The molecule has 0 unspecified atom stereocenters. The Hall–Kier alpha value is -2.51. The standard InChI is InChI=1S/C18H13BrClN3O3/c1-10-2-5-12(6-3-10)23-17(25)13(16(24)22-18(23)26)9-21-11-4-7-14(19)15(20)8-11/h2-9,13H,1H3,(H,22,24,26)/t13-/m1/s1. The smallest absolute Gasteiger partial charge is 0.276 e. The Balaban J connectivity index is 1.88. The SMILES string of the molecule is Cc1ccc(N2C(=O)NC(=O)[C@@H](C=Nc3ccc(Br)c(Cl)c3)C2=O)cc1. The van der Waals surface area contributed by atoms with Crippen molar-refractivity contribution in [3.8, 4) is 0 Å². The molecule has 4 amide bonds. The summed E-state index contributed by atoms with van der Waals surface area (Å²) in [5.74, 6) is -2.58. The van der Waals surface area contributed by atoms with Crippen LogP contribution in [0.3, 0.4) is 0 Å². The van der Waals surface area contributed by atoms with E-state index in [0.29, 0.717) is 20.9 Å². The number of urea groups is 1. The van der Waals surface area contributed by atoms with Gasteiger partial charge in [0.05, 0.1) is 16.4 Å². The molecule has 0 spiro atoms. The van der Waals surface area contributed by atoms with Gasteiger partial charge in [-0.25, -0.2) is 9.69 Å². The van der Waals surface area contributed by atoms with Gasteiger partial charge in [0, 0.05) is 10.7 Å². The van der Waals surface area contributed by atoms with Gasteiger partial charge < -0.3 is 0 Å². The molecule has 1 heterocycles. The monoisotopic (exact) mass is 433 g/mol. The summed E-state index contributed by atoms with van der Waals surface area (Å²) in [6.07, 6.45) is 1.21. The van der Waals surface area contributed by atoms with Gasteiger partial charge in [0.25, 0.3) is 5.91 Å². The number of nitrogens with one attached hydrogen (secondary N) is 1. The molecule has 2 aromatic rings. The molecule has 1 fully saturated rings. The summed E-state index contributed by atoms with van der Waals surface area (Å²) < 4.78 is 0.709. The summed E-state index contributed by atoms with van der Waals surface area (Å²) in [5.41, 5.74) is 1.85. The molecule has 1 aliphatic rings. The van der Waals surface area contributed by atoms with Crippen LogP contribution in [0.1, 0.15) is 5.56 Å². The Kier molecular flexibility index (Phi) is 5.20. The van der Waals surface area contributed by atoms with Crippen LogP contribution in [0.5, 0.6) is 0 Å². The number of carbonyl (C=O) groups excluding carboxylic acids is 3. The number of barbiturate groups is 1. The van der Waals surface area contributed by atoms with E-state index in [1.165, 1.54) is 6.21 Å². The quantitative estimate of drug-likeness (QED) is 0.585. The highest BCUT2D eigenvalue weighted by atomic mass is 79.9. The first-order chi connectivity index (χ1) is 12.4. The topological polar surface area (TPSA) is 78.8 Å². The van der Waals surface area contributed by atoms with Crippen LogP contribution in [0.4, 0.5) is 16.2 Å². The van der Waals surface area contributed by atoms with Crippen LogP contribution in [0.15, 0.2) is 51.9 Å². The fraction of sp³-hybridized carbons (Fsp3) is 0.111. The number of imide groups is 2. The highest BCUT2D eigenvalue weighted by molar-refractivity contribution is 9.10. The number of rotatable bonds is 3. The predicted molar refractivity (Wildman–Crippen MR) is 103 cm³/mol.